The van der Waals surface area contributed by atoms with Crippen molar-refractivity contribution in [2.24, 2.45) is 5.10 Å². The number of rotatable bonds is 10. The molecular weight excluding hydrogens is 561 g/mol. The van der Waals surface area contributed by atoms with E-state index in [4.69, 9.17) is 4.74 Å². The zero-order valence-corrected chi connectivity index (χ0v) is 24.3. The Hall–Kier alpha value is -4.97. The summed E-state index contributed by atoms with van der Waals surface area (Å²) in [6.45, 7) is 4.55. The molecule has 0 aliphatic heterocycles. The molecule has 218 valence electrons. The maximum absolute atomic E-state index is 13.7. The van der Waals surface area contributed by atoms with E-state index in [9.17, 15) is 22.4 Å². The number of halogens is 1. The fourth-order valence-electron chi connectivity index (χ4n) is 4.35. The predicted octanol–water partition coefficient (Wildman–Crippen LogP) is 4.55. The molecule has 0 aliphatic rings. The summed E-state index contributed by atoms with van der Waals surface area (Å²) >= 11 is 0. The van der Waals surface area contributed by atoms with Gasteiger partial charge in [0.2, 0.25) is 5.91 Å². The van der Waals surface area contributed by atoms with E-state index in [1.807, 2.05) is 24.5 Å². The molecule has 2 N–H and O–H groups in total. The van der Waals surface area contributed by atoms with Crippen molar-refractivity contribution >= 4 is 39.4 Å². The number of hydrogen-bond donors (Lipinski definition) is 2. The molecule has 0 radical (unpaired) electrons. The molecule has 0 aliphatic carbocycles. The number of hydrazone groups is 1. The summed E-state index contributed by atoms with van der Waals surface area (Å²) in [7, 11) is -2.71. The van der Waals surface area contributed by atoms with E-state index in [-0.39, 0.29) is 22.3 Å². The van der Waals surface area contributed by atoms with Gasteiger partial charge in [0, 0.05) is 35.2 Å². The van der Waals surface area contributed by atoms with Crippen LogP contribution >= 0.6 is 0 Å². The molecule has 12 heteroatoms. The number of nitrogens with zero attached hydrogens (tertiary/aromatic N) is 3. The molecule has 1 heterocycles. The number of aromatic nitrogens is 1. The van der Waals surface area contributed by atoms with Gasteiger partial charge in [0.25, 0.3) is 15.9 Å². The van der Waals surface area contributed by atoms with Gasteiger partial charge in [0.1, 0.15) is 18.1 Å². The van der Waals surface area contributed by atoms with Crippen molar-refractivity contribution in [3.05, 3.63) is 102 Å². The van der Waals surface area contributed by atoms with Gasteiger partial charge in [0.05, 0.1) is 23.9 Å². The normalized spacial score (nSPS) is 11.4. The minimum absolute atomic E-state index is 0.0723. The smallest absolute Gasteiger partial charge is 0.264 e. The molecule has 0 bridgehead atoms. The van der Waals surface area contributed by atoms with Crippen molar-refractivity contribution in [3.63, 3.8) is 0 Å². The fourth-order valence-corrected chi connectivity index (χ4v) is 5.77. The first-order chi connectivity index (χ1) is 20.0. The molecule has 10 nitrogen and oxygen atoms in total. The molecule has 42 heavy (non-hydrogen) atoms. The van der Waals surface area contributed by atoms with Crippen LogP contribution in [0.25, 0.3) is 5.69 Å². The molecule has 0 saturated carbocycles. The highest BCUT2D eigenvalue weighted by Gasteiger charge is 2.27. The van der Waals surface area contributed by atoms with Gasteiger partial charge in [-0.1, -0.05) is 0 Å². The van der Waals surface area contributed by atoms with Crippen LogP contribution < -0.4 is 19.8 Å². The van der Waals surface area contributed by atoms with Gasteiger partial charge in [-0.05, 0) is 92.7 Å². The third kappa shape index (κ3) is 6.84. The van der Waals surface area contributed by atoms with Crippen LogP contribution in [0.15, 0.2) is 88.9 Å². The third-order valence-corrected chi connectivity index (χ3v) is 8.15. The standard InChI is InChI=1S/C30H30FN5O5S/c1-20-17-23(21(2)36(20)27-9-5-24(31)6-10-27)18-32-34-30(38)19-35(26-11-13-28(41-4)14-12-26)42(39,40)29-15-7-25(8-16-29)33-22(3)37/h5-18H,19H2,1-4H3,(H,33,37)(H,34,38)/b32-18+. The van der Waals surface area contributed by atoms with Gasteiger partial charge in [-0.3, -0.25) is 13.9 Å². The molecule has 0 atom stereocenters. The van der Waals surface area contributed by atoms with Crippen LogP contribution in [0.3, 0.4) is 0 Å². The van der Waals surface area contributed by atoms with E-state index in [0.29, 0.717) is 11.4 Å². The number of benzene rings is 3. The van der Waals surface area contributed by atoms with Crippen LogP contribution in [-0.4, -0.2) is 44.7 Å². The Bertz CT molecular complexity index is 1720. The van der Waals surface area contributed by atoms with Crippen molar-refractivity contribution in [2.45, 2.75) is 25.7 Å². The van der Waals surface area contributed by atoms with Crippen molar-refractivity contribution in [1.82, 2.24) is 9.99 Å². The number of ether oxygens (including phenoxy) is 1. The first-order valence-electron chi connectivity index (χ1n) is 12.8. The third-order valence-electron chi connectivity index (χ3n) is 6.36. The highest BCUT2D eigenvalue weighted by atomic mass is 32.2. The number of sulfonamides is 1. The van der Waals surface area contributed by atoms with Crippen molar-refractivity contribution < 1.29 is 27.1 Å². The van der Waals surface area contributed by atoms with Gasteiger partial charge in [-0.15, -0.1) is 0 Å². The summed E-state index contributed by atoms with van der Waals surface area (Å²) in [5.41, 5.74) is 6.28. The monoisotopic (exact) mass is 591 g/mol. The highest BCUT2D eigenvalue weighted by Crippen LogP contribution is 2.27. The lowest BCUT2D eigenvalue weighted by Crippen LogP contribution is -2.39. The minimum atomic E-state index is -4.20. The number of aryl methyl sites for hydroxylation is 1. The van der Waals surface area contributed by atoms with Crippen LogP contribution in [0.1, 0.15) is 23.9 Å². The number of amides is 2. The average molecular weight is 592 g/mol. The second-order valence-electron chi connectivity index (χ2n) is 9.35. The zero-order chi connectivity index (χ0) is 30.4. The van der Waals surface area contributed by atoms with Gasteiger partial charge in [-0.25, -0.2) is 18.2 Å². The van der Waals surface area contributed by atoms with Crippen LogP contribution in [0.5, 0.6) is 5.75 Å². The Balaban J connectivity index is 1.55. The number of carbonyl (C=O) groups is 2. The maximum atomic E-state index is 13.7. The van der Waals surface area contributed by atoms with Gasteiger partial charge < -0.3 is 14.6 Å². The van der Waals surface area contributed by atoms with Gasteiger partial charge in [-0.2, -0.15) is 5.10 Å². The molecule has 2 amide bonds. The summed E-state index contributed by atoms with van der Waals surface area (Å²) in [5, 5.41) is 6.64. The number of carbonyl (C=O) groups excluding carboxylic acids is 2. The Morgan fingerprint density at radius 2 is 1.64 bits per heavy atom. The summed E-state index contributed by atoms with van der Waals surface area (Å²) in [6.07, 6.45) is 1.47. The largest absolute Gasteiger partial charge is 0.497 e. The lowest BCUT2D eigenvalue weighted by atomic mass is 10.2. The van der Waals surface area contributed by atoms with Crippen molar-refractivity contribution in [1.29, 1.82) is 0 Å². The van der Waals surface area contributed by atoms with E-state index in [1.54, 1.807) is 24.3 Å². The lowest BCUT2D eigenvalue weighted by molar-refractivity contribution is -0.119. The van der Waals surface area contributed by atoms with Crippen molar-refractivity contribution in [2.75, 3.05) is 23.3 Å². The van der Waals surface area contributed by atoms with Gasteiger partial charge in [0.15, 0.2) is 0 Å². The topological polar surface area (TPSA) is 122 Å². The molecule has 4 rings (SSSR count). The van der Waals surface area contributed by atoms with E-state index in [2.05, 4.69) is 15.8 Å². The Morgan fingerprint density at radius 3 is 2.24 bits per heavy atom. The first-order valence-corrected chi connectivity index (χ1v) is 14.2. The number of anilines is 2. The Labute approximate surface area is 243 Å². The number of nitrogens with one attached hydrogen (secondary N) is 2. The molecule has 0 saturated heterocycles. The predicted molar refractivity (Wildman–Crippen MR) is 159 cm³/mol. The first kappa shape index (κ1) is 30.0. The molecule has 0 unspecified atom stereocenters. The number of methoxy groups -OCH3 is 1. The minimum Gasteiger partial charge on any atom is -0.497 e. The SMILES string of the molecule is COc1ccc(N(CC(=O)N/N=C/c2cc(C)n(-c3ccc(F)cc3)c2C)S(=O)(=O)c2ccc(NC(C)=O)cc2)cc1. The molecule has 1 aromatic heterocycles. The summed E-state index contributed by atoms with van der Waals surface area (Å²) in [5.74, 6) is -0.783. The molecule has 3 aromatic carbocycles. The van der Waals surface area contributed by atoms with Crippen LogP contribution in [0.2, 0.25) is 0 Å². The fraction of sp³-hybridized carbons (Fsp3) is 0.167. The zero-order valence-electron chi connectivity index (χ0n) is 23.5. The Kier molecular flexibility index (Phi) is 9.06. The molecule has 4 aromatic rings. The lowest BCUT2D eigenvalue weighted by Gasteiger charge is -2.24. The van der Waals surface area contributed by atoms with Crippen LogP contribution in [-0.2, 0) is 19.6 Å². The van der Waals surface area contributed by atoms with E-state index in [0.717, 1.165) is 26.9 Å². The summed E-state index contributed by atoms with van der Waals surface area (Å²) in [6, 6.07) is 19.8. The van der Waals surface area contributed by atoms with Crippen LogP contribution in [0.4, 0.5) is 15.8 Å². The van der Waals surface area contributed by atoms with E-state index in [1.165, 1.54) is 68.8 Å². The molecular formula is C30H30FN5O5S. The summed E-state index contributed by atoms with van der Waals surface area (Å²) in [4.78, 5) is 24.2. The van der Waals surface area contributed by atoms with Crippen molar-refractivity contribution in [3.8, 4) is 11.4 Å². The molecule has 0 spiro atoms. The Morgan fingerprint density at radius 1 is 1.00 bits per heavy atom. The second kappa shape index (κ2) is 12.7. The molecule has 0 fully saturated rings. The van der Waals surface area contributed by atoms with Gasteiger partial charge >= 0.3 is 0 Å². The quantitative estimate of drug-likeness (QED) is 0.207. The van der Waals surface area contributed by atoms with E-state index < -0.39 is 22.5 Å². The van der Waals surface area contributed by atoms with Crippen LogP contribution in [0, 0.1) is 19.7 Å². The second-order valence-corrected chi connectivity index (χ2v) is 11.2. The highest BCUT2D eigenvalue weighted by molar-refractivity contribution is 7.92. The summed E-state index contributed by atoms with van der Waals surface area (Å²) < 4.78 is 48.8. The average Bonchev–Trinajstić information content (AvgIpc) is 3.24. The maximum Gasteiger partial charge on any atom is 0.264 e. The van der Waals surface area contributed by atoms with E-state index >= 15 is 0 Å². The number of hydrogen-bond acceptors (Lipinski definition) is 6.